The van der Waals surface area contributed by atoms with E-state index in [1.165, 1.54) is 11.1 Å². The minimum absolute atomic E-state index is 0.241. The van der Waals surface area contributed by atoms with Crippen molar-refractivity contribution in [1.82, 2.24) is 10.6 Å². The van der Waals surface area contributed by atoms with Crippen molar-refractivity contribution in [2.75, 3.05) is 13.3 Å². The van der Waals surface area contributed by atoms with E-state index < -0.39 is 0 Å². The van der Waals surface area contributed by atoms with E-state index in [0.717, 1.165) is 29.6 Å². The summed E-state index contributed by atoms with van der Waals surface area (Å²) < 4.78 is 16.4. The summed E-state index contributed by atoms with van der Waals surface area (Å²) in [7, 11) is 0. The summed E-state index contributed by atoms with van der Waals surface area (Å²) in [5.41, 5.74) is 3.46. The first kappa shape index (κ1) is 20.0. The number of hydrogen-bond donors (Lipinski definition) is 2. The molecule has 0 unspecified atom stereocenters. The number of fused-ring (bicyclic) bond motifs is 1. The molecule has 150 valence electrons. The largest absolute Gasteiger partial charge is 0.454 e. The highest BCUT2D eigenvalue weighted by Gasteiger charge is 2.13. The standard InChI is InChI=1S/C22H29N3O3/c1-4-23-22(25-13-19-9-10-20-21(11-19)28-15-27-20)24-12-17-5-7-18(8-6-17)14-26-16(2)3/h5-11,16H,4,12-15H2,1-3H3,(H2,23,24,25). The first-order valence-corrected chi connectivity index (χ1v) is 9.74. The van der Waals surface area contributed by atoms with Gasteiger partial charge < -0.3 is 24.8 Å². The normalized spacial score (nSPS) is 13.1. The smallest absolute Gasteiger partial charge is 0.231 e. The van der Waals surface area contributed by atoms with Gasteiger partial charge in [-0.1, -0.05) is 30.3 Å². The molecule has 1 heterocycles. The molecule has 0 atom stereocenters. The Hall–Kier alpha value is -2.73. The molecule has 0 saturated carbocycles. The maximum atomic E-state index is 5.64. The van der Waals surface area contributed by atoms with Crippen molar-refractivity contribution >= 4 is 5.96 Å². The number of guanidine groups is 1. The lowest BCUT2D eigenvalue weighted by atomic mass is 10.1. The van der Waals surface area contributed by atoms with E-state index in [1.54, 1.807) is 0 Å². The van der Waals surface area contributed by atoms with E-state index >= 15 is 0 Å². The lowest BCUT2D eigenvalue weighted by Crippen LogP contribution is -2.36. The summed E-state index contributed by atoms with van der Waals surface area (Å²) in [5, 5.41) is 6.66. The quantitative estimate of drug-likeness (QED) is 0.539. The number of nitrogens with zero attached hydrogens (tertiary/aromatic N) is 1. The van der Waals surface area contributed by atoms with Gasteiger partial charge in [-0.3, -0.25) is 0 Å². The predicted molar refractivity (Wildman–Crippen MR) is 111 cm³/mol. The van der Waals surface area contributed by atoms with Crippen molar-refractivity contribution in [3.8, 4) is 11.5 Å². The summed E-state index contributed by atoms with van der Waals surface area (Å²) >= 11 is 0. The van der Waals surface area contributed by atoms with Crippen LogP contribution in [-0.4, -0.2) is 25.4 Å². The number of nitrogens with one attached hydrogen (secondary N) is 2. The molecule has 0 radical (unpaired) electrons. The van der Waals surface area contributed by atoms with Crippen molar-refractivity contribution in [1.29, 1.82) is 0 Å². The Bertz CT molecular complexity index is 788. The molecule has 6 heteroatoms. The fourth-order valence-corrected chi connectivity index (χ4v) is 2.75. The predicted octanol–water partition coefficient (Wildman–Crippen LogP) is 3.60. The van der Waals surface area contributed by atoms with Crippen molar-refractivity contribution in [3.63, 3.8) is 0 Å². The van der Waals surface area contributed by atoms with Gasteiger partial charge in [-0.25, -0.2) is 4.99 Å². The highest BCUT2D eigenvalue weighted by Crippen LogP contribution is 2.32. The molecule has 0 aromatic heterocycles. The molecule has 6 nitrogen and oxygen atoms in total. The van der Waals surface area contributed by atoms with Gasteiger partial charge in [-0.15, -0.1) is 0 Å². The van der Waals surface area contributed by atoms with Crippen LogP contribution < -0.4 is 20.1 Å². The summed E-state index contributed by atoms with van der Waals surface area (Å²) in [6, 6.07) is 14.4. The van der Waals surface area contributed by atoms with Crippen LogP contribution in [-0.2, 0) is 24.4 Å². The number of ether oxygens (including phenoxy) is 3. The zero-order chi connectivity index (χ0) is 19.8. The van der Waals surface area contributed by atoms with Crippen molar-refractivity contribution < 1.29 is 14.2 Å². The van der Waals surface area contributed by atoms with Gasteiger partial charge in [0.2, 0.25) is 6.79 Å². The van der Waals surface area contributed by atoms with E-state index in [1.807, 2.05) is 32.0 Å². The maximum Gasteiger partial charge on any atom is 0.231 e. The van der Waals surface area contributed by atoms with Crippen molar-refractivity contribution in [3.05, 3.63) is 59.2 Å². The second-order valence-corrected chi connectivity index (χ2v) is 6.91. The number of rotatable bonds is 8. The third kappa shape index (κ3) is 5.89. The van der Waals surface area contributed by atoms with Gasteiger partial charge in [0.1, 0.15) is 0 Å². The third-order valence-corrected chi connectivity index (χ3v) is 4.27. The summed E-state index contributed by atoms with van der Waals surface area (Å²) in [5.74, 6) is 2.36. The Morgan fingerprint density at radius 3 is 2.46 bits per heavy atom. The molecule has 0 fully saturated rings. The van der Waals surface area contributed by atoms with Crippen LogP contribution in [0.15, 0.2) is 47.5 Å². The molecule has 0 aliphatic carbocycles. The molecule has 2 N–H and O–H groups in total. The van der Waals surface area contributed by atoms with E-state index in [2.05, 4.69) is 46.8 Å². The SMILES string of the molecule is CCNC(=NCc1ccc2c(c1)OCO2)NCc1ccc(COC(C)C)cc1. The minimum atomic E-state index is 0.241. The topological polar surface area (TPSA) is 64.1 Å². The molecule has 1 aliphatic rings. The molecule has 2 aromatic rings. The summed E-state index contributed by atoms with van der Waals surface area (Å²) in [6.45, 7) is 9.15. The molecule has 3 rings (SSSR count). The van der Waals surface area contributed by atoms with E-state index in [9.17, 15) is 0 Å². The molecular weight excluding hydrogens is 354 g/mol. The van der Waals surface area contributed by atoms with E-state index in [-0.39, 0.29) is 12.9 Å². The fourth-order valence-electron chi connectivity index (χ4n) is 2.75. The monoisotopic (exact) mass is 383 g/mol. The molecule has 2 aromatic carbocycles. The highest BCUT2D eigenvalue weighted by atomic mass is 16.7. The van der Waals surface area contributed by atoms with Crippen LogP contribution in [0.5, 0.6) is 11.5 Å². The Kier molecular flexibility index (Phi) is 7.14. The lowest BCUT2D eigenvalue weighted by molar-refractivity contribution is 0.0657. The zero-order valence-corrected chi connectivity index (χ0v) is 16.8. The van der Waals surface area contributed by atoms with E-state index in [4.69, 9.17) is 14.2 Å². The van der Waals surface area contributed by atoms with Crippen LogP contribution in [0.2, 0.25) is 0 Å². The Morgan fingerprint density at radius 2 is 1.71 bits per heavy atom. The van der Waals surface area contributed by atoms with Gasteiger partial charge in [-0.2, -0.15) is 0 Å². The fraction of sp³-hybridized carbons (Fsp3) is 0.409. The van der Waals surface area contributed by atoms with Crippen molar-refractivity contribution in [2.45, 2.75) is 46.6 Å². The Morgan fingerprint density at radius 1 is 1.00 bits per heavy atom. The van der Waals surface area contributed by atoms with Crippen LogP contribution in [0.25, 0.3) is 0 Å². The second kappa shape index (κ2) is 9.99. The van der Waals surface area contributed by atoms with Gasteiger partial charge in [-0.05, 0) is 49.6 Å². The van der Waals surface area contributed by atoms with Crippen LogP contribution in [0.1, 0.15) is 37.5 Å². The highest BCUT2D eigenvalue weighted by molar-refractivity contribution is 5.79. The number of hydrogen-bond acceptors (Lipinski definition) is 4. The lowest BCUT2D eigenvalue weighted by Gasteiger charge is -2.12. The average Bonchev–Trinajstić information content (AvgIpc) is 3.17. The summed E-state index contributed by atoms with van der Waals surface area (Å²) in [6.07, 6.45) is 0.241. The van der Waals surface area contributed by atoms with Gasteiger partial charge in [0.25, 0.3) is 0 Å². The first-order chi connectivity index (χ1) is 13.6. The van der Waals surface area contributed by atoms with Gasteiger partial charge in [0.15, 0.2) is 17.5 Å². The van der Waals surface area contributed by atoms with Crippen LogP contribution >= 0.6 is 0 Å². The average molecular weight is 383 g/mol. The van der Waals surface area contributed by atoms with E-state index in [0.29, 0.717) is 19.7 Å². The van der Waals surface area contributed by atoms with Crippen LogP contribution in [0, 0.1) is 0 Å². The van der Waals surface area contributed by atoms with Gasteiger partial charge in [0, 0.05) is 13.1 Å². The first-order valence-electron chi connectivity index (χ1n) is 9.74. The Labute approximate surface area is 166 Å². The molecule has 0 bridgehead atoms. The Balaban J connectivity index is 1.54. The molecule has 28 heavy (non-hydrogen) atoms. The van der Waals surface area contributed by atoms with Crippen LogP contribution in [0.3, 0.4) is 0 Å². The summed E-state index contributed by atoms with van der Waals surface area (Å²) in [4.78, 5) is 4.67. The zero-order valence-electron chi connectivity index (χ0n) is 16.8. The van der Waals surface area contributed by atoms with Crippen LogP contribution in [0.4, 0.5) is 0 Å². The second-order valence-electron chi connectivity index (χ2n) is 6.91. The number of aliphatic imine (C=N–C) groups is 1. The molecule has 0 saturated heterocycles. The maximum absolute atomic E-state index is 5.64. The number of benzene rings is 2. The molecular formula is C22H29N3O3. The molecule has 0 amide bonds. The molecule has 0 spiro atoms. The van der Waals surface area contributed by atoms with Gasteiger partial charge >= 0.3 is 0 Å². The minimum Gasteiger partial charge on any atom is -0.454 e. The van der Waals surface area contributed by atoms with Gasteiger partial charge in [0.05, 0.1) is 19.3 Å². The third-order valence-electron chi connectivity index (χ3n) is 4.27. The van der Waals surface area contributed by atoms with Crippen molar-refractivity contribution in [2.24, 2.45) is 4.99 Å². The molecule has 1 aliphatic heterocycles.